The van der Waals surface area contributed by atoms with Crippen LogP contribution in [0.25, 0.3) is 11.6 Å². The number of carbonyl (C=O) groups excluding carboxylic acids is 1. The number of para-hydroxylation sites is 1. The Morgan fingerprint density at radius 3 is 2.04 bits per heavy atom. The molecule has 0 spiro atoms. The number of rotatable bonds is 4. The molecular weight excluding hydrogens is 330 g/mol. The van der Waals surface area contributed by atoms with Crippen molar-refractivity contribution >= 4 is 34.8 Å². The molecule has 0 radical (unpaired) electrons. The highest BCUT2D eigenvalue weighted by Crippen LogP contribution is 2.26. The first-order chi connectivity index (χ1) is 12.2. The summed E-state index contributed by atoms with van der Waals surface area (Å²) in [5, 5.41) is 0.617. The van der Waals surface area contributed by atoms with Crippen molar-refractivity contribution < 1.29 is 4.79 Å². The Hall–Kier alpha value is -2.84. The van der Waals surface area contributed by atoms with Gasteiger partial charge in [0.1, 0.15) is 0 Å². The van der Waals surface area contributed by atoms with Crippen LogP contribution in [-0.2, 0) is 4.79 Å². The van der Waals surface area contributed by atoms with E-state index in [2.05, 4.69) is 0 Å². The predicted molar refractivity (Wildman–Crippen MR) is 106 cm³/mol. The Bertz CT molecular complexity index is 888. The Kier molecular flexibility index (Phi) is 5.32. The third kappa shape index (κ3) is 3.98. The number of halogens is 1. The van der Waals surface area contributed by atoms with Gasteiger partial charge in [-0.05, 0) is 35.4 Å². The average molecular weight is 348 g/mol. The highest BCUT2D eigenvalue weighted by molar-refractivity contribution is 6.34. The van der Waals surface area contributed by atoms with Crippen molar-refractivity contribution in [1.29, 1.82) is 0 Å². The molecule has 3 heteroatoms. The lowest BCUT2D eigenvalue weighted by atomic mass is 10.0. The first-order valence-corrected chi connectivity index (χ1v) is 8.39. The second-order valence-electron chi connectivity index (χ2n) is 5.65. The van der Waals surface area contributed by atoms with Gasteiger partial charge in [0.2, 0.25) is 0 Å². The summed E-state index contributed by atoms with van der Waals surface area (Å²) in [6, 6.07) is 26.7. The van der Waals surface area contributed by atoms with Gasteiger partial charge < -0.3 is 4.90 Å². The van der Waals surface area contributed by atoms with E-state index in [1.807, 2.05) is 91.0 Å². The first-order valence-electron chi connectivity index (χ1n) is 8.01. The van der Waals surface area contributed by atoms with E-state index in [1.54, 1.807) is 11.9 Å². The van der Waals surface area contributed by atoms with Gasteiger partial charge in [-0.15, -0.1) is 0 Å². The molecule has 2 nitrogen and oxygen atoms in total. The fourth-order valence-electron chi connectivity index (χ4n) is 2.58. The van der Waals surface area contributed by atoms with Crippen LogP contribution in [0.1, 0.15) is 11.1 Å². The van der Waals surface area contributed by atoms with Crippen LogP contribution in [0.2, 0.25) is 5.02 Å². The van der Waals surface area contributed by atoms with Gasteiger partial charge in [0.15, 0.2) is 0 Å². The molecule has 3 rings (SSSR count). The van der Waals surface area contributed by atoms with Crippen LogP contribution in [0, 0.1) is 0 Å². The van der Waals surface area contributed by atoms with E-state index in [9.17, 15) is 4.79 Å². The summed E-state index contributed by atoms with van der Waals surface area (Å²) < 4.78 is 0. The monoisotopic (exact) mass is 347 g/mol. The smallest absolute Gasteiger partial charge is 0.258 e. The van der Waals surface area contributed by atoms with E-state index in [0.29, 0.717) is 10.6 Å². The normalized spacial score (nSPS) is 11.2. The van der Waals surface area contributed by atoms with Gasteiger partial charge in [0.05, 0.1) is 0 Å². The number of carbonyl (C=O) groups is 1. The summed E-state index contributed by atoms with van der Waals surface area (Å²) in [5.41, 5.74) is 3.11. The molecule has 0 unspecified atom stereocenters. The van der Waals surface area contributed by atoms with Crippen molar-refractivity contribution in [3.05, 3.63) is 101 Å². The molecule has 25 heavy (non-hydrogen) atoms. The predicted octanol–water partition coefficient (Wildman–Crippen LogP) is 5.54. The van der Waals surface area contributed by atoms with Crippen LogP contribution >= 0.6 is 11.6 Å². The van der Waals surface area contributed by atoms with Crippen molar-refractivity contribution in [1.82, 2.24) is 0 Å². The third-order valence-corrected chi connectivity index (χ3v) is 4.31. The fraction of sp³-hybridized carbons (Fsp3) is 0.0455. The molecule has 0 N–H and O–H groups in total. The molecule has 0 fully saturated rings. The van der Waals surface area contributed by atoms with Gasteiger partial charge in [-0.1, -0.05) is 78.3 Å². The zero-order chi connectivity index (χ0) is 17.6. The lowest BCUT2D eigenvalue weighted by Gasteiger charge is -2.19. The number of benzene rings is 3. The summed E-state index contributed by atoms with van der Waals surface area (Å²) >= 11 is 6.29. The summed E-state index contributed by atoms with van der Waals surface area (Å²) in [6.07, 6.45) is 1.85. The van der Waals surface area contributed by atoms with Gasteiger partial charge in [0.25, 0.3) is 5.91 Å². The number of hydrogen-bond acceptors (Lipinski definition) is 1. The summed E-state index contributed by atoms with van der Waals surface area (Å²) in [4.78, 5) is 14.8. The van der Waals surface area contributed by atoms with Crippen molar-refractivity contribution in [2.45, 2.75) is 0 Å². The third-order valence-electron chi connectivity index (χ3n) is 3.97. The van der Waals surface area contributed by atoms with Crippen molar-refractivity contribution in [2.24, 2.45) is 0 Å². The molecule has 0 atom stereocenters. The highest BCUT2D eigenvalue weighted by atomic mass is 35.5. The van der Waals surface area contributed by atoms with E-state index < -0.39 is 0 Å². The molecule has 1 amide bonds. The lowest BCUT2D eigenvalue weighted by molar-refractivity contribution is -0.113. The summed E-state index contributed by atoms with van der Waals surface area (Å²) in [7, 11) is 1.78. The first kappa shape index (κ1) is 17.0. The Morgan fingerprint density at radius 1 is 0.840 bits per heavy atom. The van der Waals surface area contributed by atoms with Crippen LogP contribution in [0.15, 0.2) is 84.9 Å². The molecule has 3 aromatic rings. The van der Waals surface area contributed by atoms with Gasteiger partial charge >= 0.3 is 0 Å². The maximum Gasteiger partial charge on any atom is 0.258 e. The average Bonchev–Trinajstić information content (AvgIpc) is 2.67. The van der Waals surface area contributed by atoms with E-state index in [4.69, 9.17) is 11.6 Å². The van der Waals surface area contributed by atoms with E-state index >= 15 is 0 Å². The van der Waals surface area contributed by atoms with Gasteiger partial charge in [-0.3, -0.25) is 4.79 Å². The van der Waals surface area contributed by atoms with Gasteiger partial charge in [-0.25, -0.2) is 0 Å². The molecule has 0 saturated carbocycles. The molecule has 0 heterocycles. The minimum atomic E-state index is -0.0858. The van der Waals surface area contributed by atoms with Crippen molar-refractivity contribution in [2.75, 3.05) is 11.9 Å². The number of nitrogens with zero attached hydrogens (tertiary/aromatic N) is 1. The quantitative estimate of drug-likeness (QED) is 0.448. The van der Waals surface area contributed by atoms with Crippen LogP contribution in [0.4, 0.5) is 5.69 Å². The molecule has 0 aliphatic rings. The molecule has 0 aliphatic heterocycles. The van der Waals surface area contributed by atoms with Crippen LogP contribution < -0.4 is 4.90 Å². The number of anilines is 1. The Morgan fingerprint density at radius 2 is 1.40 bits per heavy atom. The van der Waals surface area contributed by atoms with Crippen molar-refractivity contribution in [3.8, 4) is 0 Å². The highest BCUT2D eigenvalue weighted by Gasteiger charge is 2.18. The molecule has 124 valence electrons. The summed E-state index contributed by atoms with van der Waals surface area (Å²) in [6.45, 7) is 0. The van der Waals surface area contributed by atoms with E-state index in [0.717, 1.165) is 16.8 Å². The summed E-state index contributed by atoms with van der Waals surface area (Å²) in [5.74, 6) is -0.0858. The standard InChI is InChI=1S/C22H18ClNO/c1-24(19-13-6-3-7-14-19)22(25)20(17-10-4-2-5-11-17)16-18-12-8-9-15-21(18)23/h2-16H,1H3/b20-16+. The second kappa shape index (κ2) is 7.82. The Balaban J connectivity index is 2.06. The maximum atomic E-state index is 13.2. The lowest BCUT2D eigenvalue weighted by Crippen LogP contribution is -2.27. The minimum absolute atomic E-state index is 0.0858. The zero-order valence-corrected chi connectivity index (χ0v) is 14.6. The number of likely N-dealkylation sites (N-methyl/N-ethyl adjacent to an activating group) is 1. The van der Waals surface area contributed by atoms with Crippen LogP contribution in [0.3, 0.4) is 0 Å². The topological polar surface area (TPSA) is 20.3 Å². The van der Waals surface area contributed by atoms with Gasteiger partial charge in [0, 0.05) is 23.3 Å². The van der Waals surface area contributed by atoms with E-state index in [-0.39, 0.29) is 5.91 Å². The number of hydrogen-bond donors (Lipinski definition) is 0. The number of amides is 1. The maximum absolute atomic E-state index is 13.2. The molecule has 0 aliphatic carbocycles. The second-order valence-corrected chi connectivity index (χ2v) is 6.05. The van der Waals surface area contributed by atoms with Crippen molar-refractivity contribution in [3.63, 3.8) is 0 Å². The molecule has 0 bridgehead atoms. The van der Waals surface area contributed by atoms with Gasteiger partial charge in [-0.2, -0.15) is 0 Å². The van der Waals surface area contributed by atoms with Crippen LogP contribution in [0.5, 0.6) is 0 Å². The molecule has 3 aromatic carbocycles. The molecule has 0 aromatic heterocycles. The van der Waals surface area contributed by atoms with Crippen LogP contribution in [-0.4, -0.2) is 13.0 Å². The SMILES string of the molecule is CN(C(=O)/C(=C/c1ccccc1Cl)c1ccccc1)c1ccccc1. The largest absolute Gasteiger partial charge is 0.311 e. The fourth-order valence-corrected chi connectivity index (χ4v) is 2.77. The molecular formula is C22H18ClNO. The van der Waals surface area contributed by atoms with E-state index in [1.165, 1.54) is 0 Å². The zero-order valence-electron chi connectivity index (χ0n) is 13.9. The Labute approximate surface area is 153 Å². The minimum Gasteiger partial charge on any atom is -0.311 e. The molecule has 0 saturated heterocycles.